The summed E-state index contributed by atoms with van der Waals surface area (Å²) in [4.78, 5) is 35.7. The van der Waals surface area contributed by atoms with Crippen molar-refractivity contribution < 1.29 is 19.1 Å². The lowest BCUT2D eigenvalue weighted by atomic mass is 10.1. The number of carbonyl (C=O) groups excluding carboxylic acids is 2. The highest BCUT2D eigenvalue weighted by Gasteiger charge is 2.08. The number of nitrogens with one attached hydrogen (secondary N) is 1. The van der Waals surface area contributed by atoms with Crippen molar-refractivity contribution in [2.24, 2.45) is 0 Å². The van der Waals surface area contributed by atoms with E-state index in [9.17, 15) is 9.59 Å². The minimum absolute atomic E-state index is 0.0110. The second-order valence-corrected chi connectivity index (χ2v) is 6.48. The lowest BCUT2D eigenvalue weighted by molar-refractivity contribution is -0.139. The van der Waals surface area contributed by atoms with Crippen molar-refractivity contribution >= 4 is 35.6 Å². The van der Waals surface area contributed by atoms with E-state index >= 15 is 0 Å². The van der Waals surface area contributed by atoms with Crippen LogP contribution in [0.15, 0.2) is 54.6 Å². The number of nitrogens with two attached hydrogens (primary N) is 1. The molecule has 31 heavy (non-hydrogen) atoms. The van der Waals surface area contributed by atoms with Crippen LogP contribution in [0.25, 0.3) is 6.08 Å². The fraction of sp³-hybridized carbons (Fsp3) is 0.136. The molecule has 1 heterocycles. The smallest absolute Gasteiger partial charge is 0.337 e. The normalized spacial score (nSPS) is 10.6. The predicted molar refractivity (Wildman–Crippen MR) is 115 cm³/mol. The highest BCUT2D eigenvalue weighted by molar-refractivity contribution is 5.90. The first-order chi connectivity index (χ1) is 14.9. The zero-order chi connectivity index (χ0) is 22.2. The zero-order valence-electron chi connectivity index (χ0n) is 17.0. The summed E-state index contributed by atoms with van der Waals surface area (Å²) in [5.41, 5.74) is 8.79. The largest absolute Gasteiger partial charge is 0.465 e. The molecule has 0 radical (unpaired) electrons. The van der Waals surface area contributed by atoms with E-state index in [1.165, 1.54) is 13.2 Å². The number of aromatic nitrogens is 3. The number of esters is 2. The molecule has 0 atom stereocenters. The lowest BCUT2D eigenvalue weighted by Gasteiger charge is -2.07. The Hall–Kier alpha value is -4.27. The minimum Gasteiger partial charge on any atom is -0.465 e. The Bertz CT molecular complexity index is 1100. The van der Waals surface area contributed by atoms with Crippen molar-refractivity contribution in [3.05, 3.63) is 77.1 Å². The van der Waals surface area contributed by atoms with Gasteiger partial charge in [-0.3, -0.25) is 0 Å². The maximum absolute atomic E-state index is 12.0. The van der Waals surface area contributed by atoms with Crippen molar-refractivity contribution in [3.63, 3.8) is 0 Å². The molecule has 0 spiro atoms. The number of methoxy groups -OCH3 is 1. The van der Waals surface area contributed by atoms with Gasteiger partial charge in [0.2, 0.25) is 11.9 Å². The van der Waals surface area contributed by atoms with E-state index in [4.69, 9.17) is 10.5 Å². The molecule has 9 nitrogen and oxygen atoms in total. The molecule has 0 aliphatic rings. The Morgan fingerprint density at radius 2 is 1.74 bits per heavy atom. The Morgan fingerprint density at radius 3 is 2.42 bits per heavy atom. The van der Waals surface area contributed by atoms with Gasteiger partial charge < -0.3 is 20.5 Å². The molecule has 3 aromatic rings. The molecular formula is C22H21N5O4. The van der Waals surface area contributed by atoms with Gasteiger partial charge in [0.15, 0.2) is 12.4 Å². The first-order valence-corrected chi connectivity index (χ1v) is 9.30. The third-order valence-electron chi connectivity index (χ3n) is 4.09. The van der Waals surface area contributed by atoms with Gasteiger partial charge in [0.25, 0.3) is 0 Å². The Morgan fingerprint density at radius 1 is 1.03 bits per heavy atom. The van der Waals surface area contributed by atoms with Gasteiger partial charge in [0.1, 0.15) is 0 Å². The van der Waals surface area contributed by atoms with Crippen LogP contribution in [0.2, 0.25) is 0 Å². The summed E-state index contributed by atoms with van der Waals surface area (Å²) in [6.07, 6.45) is 2.83. The van der Waals surface area contributed by atoms with E-state index in [-0.39, 0.29) is 24.3 Å². The second kappa shape index (κ2) is 9.97. The van der Waals surface area contributed by atoms with Gasteiger partial charge in [0.05, 0.1) is 12.7 Å². The Balaban J connectivity index is 1.58. The van der Waals surface area contributed by atoms with E-state index in [1.54, 1.807) is 30.3 Å². The van der Waals surface area contributed by atoms with Crippen LogP contribution in [0.1, 0.15) is 27.3 Å². The minimum atomic E-state index is -0.580. The molecule has 2 aromatic carbocycles. The van der Waals surface area contributed by atoms with Crippen LogP contribution in [0, 0.1) is 6.92 Å². The molecule has 9 heteroatoms. The highest BCUT2D eigenvalue weighted by Crippen LogP contribution is 2.14. The van der Waals surface area contributed by atoms with Gasteiger partial charge in [-0.25, -0.2) is 9.59 Å². The summed E-state index contributed by atoms with van der Waals surface area (Å²) in [7, 11) is 1.31. The molecule has 158 valence electrons. The van der Waals surface area contributed by atoms with Crippen LogP contribution < -0.4 is 11.1 Å². The number of carbonyl (C=O) groups is 2. The number of aryl methyl sites for hydroxylation is 1. The van der Waals surface area contributed by atoms with Crippen molar-refractivity contribution in [3.8, 4) is 0 Å². The summed E-state index contributed by atoms with van der Waals surface area (Å²) < 4.78 is 9.81. The zero-order valence-corrected chi connectivity index (χ0v) is 17.0. The number of rotatable bonds is 7. The van der Waals surface area contributed by atoms with Gasteiger partial charge >= 0.3 is 11.9 Å². The average molecular weight is 419 g/mol. The predicted octanol–water partition coefficient (Wildman–Crippen LogP) is 3.05. The first kappa shape index (κ1) is 21.4. The maximum atomic E-state index is 12.0. The van der Waals surface area contributed by atoms with Crippen LogP contribution in [-0.2, 0) is 20.9 Å². The lowest BCUT2D eigenvalue weighted by Crippen LogP contribution is -2.10. The van der Waals surface area contributed by atoms with Crippen molar-refractivity contribution in [1.29, 1.82) is 0 Å². The van der Waals surface area contributed by atoms with Crippen LogP contribution in [0.5, 0.6) is 0 Å². The fourth-order valence-corrected chi connectivity index (χ4v) is 2.52. The Labute approximate surface area is 179 Å². The summed E-state index contributed by atoms with van der Waals surface area (Å²) in [6, 6.07) is 14.3. The standard InChI is InChI=1S/C22H21N5O4/c1-14-3-10-17(11-4-14)24-22-26-18(25-21(23)27-22)13-31-19(28)12-7-15-5-8-16(9-6-15)20(29)30-2/h3-12H,13H2,1-2H3,(H3,23,24,25,26,27)/b12-7+. The number of ether oxygens (including phenoxy) is 2. The SMILES string of the molecule is COC(=O)c1ccc(/C=C/C(=O)OCc2nc(N)nc(Nc3ccc(C)cc3)n2)cc1. The molecule has 0 bridgehead atoms. The van der Waals surface area contributed by atoms with Crippen molar-refractivity contribution in [2.75, 3.05) is 18.2 Å². The number of hydrogen-bond donors (Lipinski definition) is 2. The molecule has 1 aromatic heterocycles. The molecule has 0 amide bonds. The Kier molecular flexibility index (Phi) is 6.89. The molecule has 3 rings (SSSR count). The van der Waals surface area contributed by atoms with Gasteiger partial charge in [-0.05, 0) is 42.8 Å². The number of benzene rings is 2. The van der Waals surface area contributed by atoms with E-state index in [0.29, 0.717) is 5.56 Å². The molecule has 0 aliphatic heterocycles. The van der Waals surface area contributed by atoms with Crippen molar-refractivity contribution in [2.45, 2.75) is 13.5 Å². The maximum Gasteiger partial charge on any atom is 0.337 e. The topological polar surface area (TPSA) is 129 Å². The summed E-state index contributed by atoms with van der Waals surface area (Å²) >= 11 is 0. The van der Waals surface area contributed by atoms with Gasteiger partial charge in [-0.1, -0.05) is 29.8 Å². The molecule has 0 fully saturated rings. The quantitative estimate of drug-likeness (QED) is 0.438. The van der Waals surface area contributed by atoms with Crippen LogP contribution in [0.3, 0.4) is 0 Å². The number of nitrogen functional groups attached to an aromatic ring is 1. The van der Waals surface area contributed by atoms with Gasteiger partial charge in [0, 0.05) is 11.8 Å². The van der Waals surface area contributed by atoms with E-state index < -0.39 is 11.9 Å². The summed E-state index contributed by atoms with van der Waals surface area (Å²) in [5.74, 6) is -0.529. The monoisotopic (exact) mass is 419 g/mol. The molecule has 0 saturated carbocycles. The molecular weight excluding hydrogens is 398 g/mol. The third-order valence-corrected chi connectivity index (χ3v) is 4.09. The number of anilines is 3. The summed E-state index contributed by atoms with van der Waals surface area (Å²) in [5, 5.41) is 3.03. The van der Waals surface area contributed by atoms with E-state index in [2.05, 4.69) is 25.0 Å². The highest BCUT2D eigenvalue weighted by atomic mass is 16.5. The molecule has 0 unspecified atom stereocenters. The molecule has 0 aliphatic carbocycles. The van der Waals surface area contributed by atoms with Crippen LogP contribution in [-0.4, -0.2) is 34.0 Å². The van der Waals surface area contributed by atoms with Gasteiger partial charge in [-0.2, -0.15) is 15.0 Å². The molecule has 3 N–H and O–H groups in total. The fourth-order valence-electron chi connectivity index (χ4n) is 2.52. The van der Waals surface area contributed by atoms with Crippen LogP contribution >= 0.6 is 0 Å². The average Bonchev–Trinajstić information content (AvgIpc) is 2.77. The van der Waals surface area contributed by atoms with E-state index in [0.717, 1.165) is 16.8 Å². The first-order valence-electron chi connectivity index (χ1n) is 9.30. The van der Waals surface area contributed by atoms with Gasteiger partial charge in [-0.15, -0.1) is 0 Å². The second-order valence-electron chi connectivity index (χ2n) is 6.48. The third kappa shape index (κ3) is 6.36. The summed E-state index contributed by atoms with van der Waals surface area (Å²) in [6.45, 7) is 1.82. The number of nitrogens with zero attached hydrogens (tertiary/aromatic N) is 3. The van der Waals surface area contributed by atoms with Crippen LogP contribution in [0.4, 0.5) is 17.6 Å². The van der Waals surface area contributed by atoms with E-state index in [1.807, 2.05) is 31.2 Å². The molecule has 0 saturated heterocycles. The number of hydrogen-bond acceptors (Lipinski definition) is 9. The van der Waals surface area contributed by atoms with Crippen molar-refractivity contribution in [1.82, 2.24) is 15.0 Å².